The van der Waals surface area contributed by atoms with Gasteiger partial charge in [0.2, 0.25) is 0 Å². The van der Waals surface area contributed by atoms with E-state index in [4.69, 9.17) is 27.9 Å². The van der Waals surface area contributed by atoms with Crippen molar-refractivity contribution in [2.45, 2.75) is 26.9 Å². The third-order valence-electron chi connectivity index (χ3n) is 3.00. The first kappa shape index (κ1) is 17.8. The summed E-state index contributed by atoms with van der Waals surface area (Å²) in [5.74, 6) is 0.0388. The molecular weight excluding hydrogens is 355 g/mol. The van der Waals surface area contributed by atoms with E-state index in [1.54, 1.807) is 36.5 Å². The maximum Gasteiger partial charge on any atom is 0.280 e. The summed E-state index contributed by atoms with van der Waals surface area (Å²) >= 11 is 13.5. The second kappa shape index (κ2) is 7.81. The lowest BCUT2D eigenvalue weighted by molar-refractivity contribution is -0.127. The highest BCUT2D eigenvalue weighted by molar-refractivity contribution is 7.14. The summed E-state index contributed by atoms with van der Waals surface area (Å²) in [7, 11) is 0. The standard InChI is InChI=1S/C16H16Cl2N2O2S/c1-9-4-7-15(23-9)10(2)19-20-16(21)11(3)22-14-6-5-12(17)8-13(14)18/h4-8,11H,1-3H3,(H,20,21)/b19-10+. The highest BCUT2D eigenvalue weighted by Crippen LogP contribution is 2.28. The van der Waals surface area contributed by atoms with Gasteiger partial charge in [-0.15, -0.1) is 11.3 Å². The summed E-state index contributed by atoms with van der Waals surface area (Å²) in [6, 6.07) is 8.81. The fraction of sp³-hybridized carbons (Fsp3) is 0.250. The monoisotopic (exact) mass is 370 g/mol. The average molecular weight is 371 g/mol. The van der Waals surface area contributed by atoms with Crippen molar-refractivity contribution < 1.29 is 9.53 Å². The van der Waals surface area contributed by atoms with Crippen LogP contribution in [0.5, 0.6) is 5.75 Å². The van der Waals surface area contributed by atoms with E-state index in [1.165, 1.54) is 4.88 Å². The summed E-state index contributed by atoms with van der Waals surface area (Å²) in [4.78, 5) is 14.3. The van der Waals surface area contributed by atoms with Crippen molar-refractivity contribution in [3.05, 3.63) is 50.1 Å². The second-order valence-electron chi connectivity index (χ2n) is 4.92. The molecule has 0 saturated carbocycles. The fourth-order valence-electron chi connectivity index (χ4n) is 1.73. The molecule has 1 amide bonds. The van der Waals surface area contributed by atoms with Gasteiger partial charge in [0.15, 0.2) is 6.10 Å². The first-order chi connectivity index (χ1) is 10.9. The predicted octanol–water partition coefficient (Wildman–Crippen LogP) is 4.67. The molecule has 0 saturated heterocycles. The van der Waals surface area contributed by atoms with Gasteiger partial charge < -0.3 is 4.74 Å². The molecule has 0 radical (unpaired) electrons. The number of benzene rings is 1. The molecule has 0 fully saturated rings. The molecule has 1 atom stereocenters. The Bertz CT molecular complexity index is 743. The van der Waals surface area contributed by atoms with E-state index in [-0.39, 0.29) is 5.91 Å². The highest BCUT2D eigenvalue weighted by atomic mass is 35.5. The van der Waals surface area contributed by atoms with Gasteiger partial charge in [0, 0.05) is 9.90 Å². The number of hydrogen-bond acceptors (Lipinski definition) is 4. The third-order valence-corrected chi connectivity index (χ3v) is 4.64. The number of halogens is 2. The zero-order chi connectivity index (χ0) is 17.0. The number of amides is 1. The van der Waals surface area contributed by atoms with E-state index < -0.39 is 6.10 Å². The molecule has 23 heavy (non-hydrogen) atoms. The van der Waals surface area contributed by atoms with Crippen LogP contribution in [0.25, 0.3) is 0 Å². The third kappa shape index (κ3) is 4.96. The molecule has 1 aromatic heterocycles. The lowest BCUT2D eigenvalue weighted by Crippen LogP contribution is -2.34. The maximum atomic E-state index is 12.1. The first-order valence-corrected chi connectivity index (χ1v) is 8.46. The van der Waals surface area contributed by atoms with E-state index in [1.807, 2.05) is 26.0 Å². The van der Waals surface area contributed by atoms with Crippen LogP contribution in [0.3, 0.4) is 0 Å². The Hall–Kier alpha value is -1.56. The largest absolute Gasteiger partial charge is 0.479 e. The summed E-state index contributed by atoms with van der Waals surface area (Å²) in [6.07, 6.45) is -0.740. The van der Waals surface area contributed by atoms with Crippen LogP contribution < -0.4 is 10.2 Å². The van der Waals surface area contributed by atoms with Crippen LogP contribution in [0, 0.1) is 6.92 Å². The minimum Gasteiger partial charge on any atom is -0.479 e. The number of carbonyl (C=O) groups excluding carboxylic acids is 1. The van der Waals surface area contributed by atoms with Crippen LogP contribution >= 0.6 is 34.5 Å². The molecule has 7 heteroatoms. The molecular formula is C16H16Cl2N2O2S. The Kier molecular flexibility index (Phi) is 6.04. The molecule has 0 bridgehead atoms. The van der Waals surface area contributed by atoms with Crippen molar-refractivity contribution in [1.29, 1.82) is 0 Å². The zero-order valence-corrected chi connectivity index (χ0v) is 15.2. The van der Waals surface area contributed by atoms with Gasteiger partial charge in [0.05, 0.1) is 15.6 Å². The molecule has 0 spiro atoms. The molecule has 2 rings (SSSR count). The quantitative estimate of drug-likeness (QED) is 0.613. The normalized spacial score (nSPS) is 12.8. The van der Waals surface area contributed by atoms with Gasteiger partial charge in [0.1, 0.15) is 5.75 Å². The second-order valence-corrected chi connectivity index (χ2v) is 7.05. The summed E-state index contributed by atoms with van der Waals surface area (Å²) in [6.45, 7) is 5.49. The molecule has 2 aromatic rings. The molecule has 0 aliphatic carbocycles. The number of carbonyl (C=O) groups is 1. The van der Waals surface area contributed by atoms with Gasteiger partial charge in [-0.3, -0.25) is 4.79 Å². The van der Waals surface area contributed by atoms with Gasteiger partial charge in [-0.25, -0.2) is 5.43 Å². The smallest absolute Gasteiger partial charge is 0.280 e. The van der Waals surface area contributed by atoms with Gasteiger partial charge in [-0.05, 0) is 51.1 Å². The summed E-state index contributed by atoms with van der Waals surface area (Å²) in [5, 5.41) is 4.96. The molecule has 122 valence electrons. The van der Waals surface area contributed by atoms with Crippen molar-refractivity contribution in [1.82, 2.24) is 5.43 Å². The number of hydrogen-bond donors (Lipinski definition) is 1. The maximum absolute atomic E-state index is 12.1. The van der Waals surface area contributed by atoms with Gasteiger partial charge in [0.25, 0.3) is 5.91 Å². The fourth-order valence-corrected chi connectivity index (χ4v) is 2.99. The number of nitrogens with one attached hydrogen (secondary N) is 1. The minimum atomic E-state index is -0.740. The predicted molar refractivity (Wildman–Crippen MR) is 96.0 cm³/mol. The van der Waals surface area contributed by atoms with Gasteiger partial charge in [-0.2, -0.15) is 5.10 Å². The Labute approximate surface area is 149 Å². The first-order valence-electron chi connectivity index (χ1n) is 6.89. The average Bonchev–Trinajstić information content (AvgIpc) is 2.93. The minimum absolute atomic E-state index is 0.353. The Morgan fingerprint density at radius 3 is 2.65 bits per heavy atom. The zero-order valence-electron chi connectivity index (χ0n) is 12.9. The van der Waals surface area contributed by atoms with Gasteiger partial charge >= 0.3 is 0 Å². The van der Waals surface area contributed by atoms with E-state index in [9.17, 15) is 4.79 Å². The van der Waals surface area contributed by atoms with Crippen LogP contribution in [-0.4, -0.2) is 17.7 Å². The SMILES string of the molecule is C/C(=N\NC(=O)C(C)Oc1ccc(Cl)cc1Cl)c1ccc(C)s1. The molecule has 4 nitrogen and oxygen atoms in total. The summed E-state index contributed by atoms with van der Waals surface area (Å²) < 4.78 is 5.53. The van der Waals surface area contributed by atoms with Crippen molar-refractivity contribution in [2.75, 3.05) is 0 Å². The van der Waals surface area contributed by atoms with Gasteiger partial charge in [-0.1, -0.05) is 23.2 Å². The lowest BCUT2D eigenvalue weighted by Gasteiger charge is -2.14. The van der Waals surface area contributed by atoms with E-state index in [2.05, 4.69) is 10.5 Å². The Morgan fingerprint density at radius 2 is 2.04 bits per heavy atom. The van der Waals surface area contributed by atoms with Crippen molar-refractivity contribution >= 4 is 46.2 Å². The Balaban J connectivity index is 1.97. The topological polar surface area (TPSA) is 50.7 Å². The van der Waals surface area contributed by atoms with Crippen molar-refractivity contribution in [3.8, 4) is 5.75 Å². The number of thiophene rings is 1. The molecule has 1 heterocycles. The molecule has 0 aliphatic rings. The number of rotatable bonds is 5. The molecule has 1 aromatic carbocycles. The molecule has 1 unspecified atom stereocenters. The number of ether oxygens (including phenoxy) is 1. The van der Waals surface area contributed by atoms with Crippen LogP contribution in [0.4, 0.5) is 0 Å². The highest BCUT2D eigenvalue weighted by Gasteiger charge is 2.16. The van der Waals surface area contributed by atoms with Crippen molar-refractivity contribution in [3.63, 3.8) is 0 Å². The van der Waals surface area contributed by atoms with Crippen LogP contribution in [0.15, 0.2) is 35.4 Å². The van der Waals surface area contributed by atoms with E-state index >= 15 is 0 Å². The van der Waals surface area contributed by atoms with Crippen LogP contribution in [0.1, 0.15) is 23.6 Å². The lowest BCUT2D eigenvalue weighted by atomic mass is 10.3. The molecule has 0 aliphatic heterocycles. The Morgan fingerprint density at radius 1 is 1.30 bits per heavy atom. The van der Waals surface area contributed by atoms with Crippen LogP contribution in [-0.2, 0) is 4.79 Å². The van der Waals surface area contributed by atoms with E-state index in [0.717, 1.165) is 10.6 Å². The van der Waals surface area contributed by atoms with E-state index in [0.29, 0.717) is 15.8 Å². The number of aryl methyl sites for hydroxylation is 1. The molecule has 1 N–H and O–H groups in total. The number of hydrazone groups is 1. The summed E-state index contributed by atoms with van der Waals surface area (Å²) in [5.41, 5.74) is 3.25. The van der Waals surface area contributed by atoms with Crippen LogP contribution in [0.2, 0.25) is 10.0 Å². The van der Waals surface area contributed by atoms with Crippen molar-refractivity contribution in [2.24, 2.45) is 5.10 Å². The number of nitrogens with zero attached hydrogens (tertiary/aromatic N) is 1.